The maximum absolute atomic E-state index is 11.3. The van der Waals surface area contributed by atoms with Gasteiger partial charge in [0, 0.05) is 13.0 Å². The Hall–Kier alpha value is -0.890. The lowest BCUT2D eigenvalue weighted by molar-refractivity contribution is 0.226. The summed E-state index contributed by atoms with van der Waals surface area (Å²) in [6, 6.07) is 0. The maximum Gasteiger partial charge on any atom is 0.237 e. The predicted octanol–water partition coefficient (Wildman–Crippen LogP) is -1.43. The highest BCUT2D eigenvalue weighted by molar-refractivity contribution is 7.93. The number of nitrogens with two attached hydrogens (primary N) is 1. The normalized spacial score (nSPS) is 25.9. The number of aliphatic hydroxyl groups excluding tert-OH is 1. The first kappa shape index (κ1) is 12.2. The minimum Gasteiger partial charge on any atom is -0.396 e. The van der Waals surface area contributed by atoms with Crippen molar-refractivity contribution in [2.24, 2.45) is 5.14 Å². The molecule has 0 aliphatic carbocycles. The first-order chi connectivity index (χ1) is 6.96. The van der Waals surface area contributed by atoms with E-state index in [1.54, 1.807) is 19.3 Å². The van der Waals surface area contributed by atoms with Crippen LogP contribution < -0.4 is 15.8 Å². The van der Waals surface area contributed by atoms with Gasteiger partial charge >= 0.3 is 0 Å². The van der Waals surface area contributed by atoms with E-state index in [1.165, 1.54) is 6.08 Å². The molecule has 6 nitrogen and oxygen atoms in total. The quantitative estimate of drug-likeness (QED) is 0.477. The number of allylic oxidation sites excluding steroid dienone is 2. The Labute approximate surface area is 88.9 Å². The number of dihydropyridines is 1. The van der Waals surface area contributed by atoms with Crippen molar-refractivity contribution in [3.8, 4) is 0 Å². The molecule has 0 saturated carbocycles. The molecule has 5 N–H and O–H groups in total. The molecule has 0 aromatic carbocycles. The van der Waals surface area contributed by atoms with Crippen molar-refractivity contribution in [1.29, 1.82) is 0 Å². The third-order valence-electron chi connectivity index (χ3n) is 2.31. The molecule has 0 aromatic heterocycles. The van der Waals surface area contributed by atoms with Crippen molar-refractivity contribution in [2.75, 3.05) is 13.7 Å². The van der Waals surface area contributed by atoms with Crippen LogP contribution in [0.3, 0.4) is 0 Å². The molecule has 15 heavy (non-hydrogen) atoms. The van der Waals surface area contributed by atoms with E-state index in [2.05, 4.69) is 10.6 Å². The lowest BCUT2D eigenvalue weighted by Crippen LogP contribution is -2.58. The van der Waals surface area contributed by atoms with Gasteiger partial charge in [0.25, 0.3) is 0 Å². The Balaban J connectivity index is 3.18. The van der Waals surface area contributed by atoms with Gasteiger partial charge in [-0.1, -0.05) is 0 Å². The Morgan fingerprint density at radius 1 is 1.67 bits per heavy atom. The molecule has 0 fully saturated rings. The zero-order chi connectivity index (χ0) is 11.5. The topological polar surface area (TPSA) is 104 Å². The van der Waals surface area contributed by atoms with Crippen LogP contribution in [0.4, 0.5) is 0 Å². The summed E-state index contributed by atoms with van der Waals surface area (Å²) < 4.78 is 22.7. The van der Waals surface area contributed by atoms with Crippen LogP contribution in [0.1, 0.15) is 6.42 Å². The lowest BCUT2D eigenvalue weighted by Gasteiger charge is -2.36. The molecule has 0 saturated heterocycles. The molecular weight excluding hydrogens is 218 g/mol. The second-order valence-electron chi connectivity index (χ2n) is 3.21. The van der Waals surface area contributed by atoms with E-state index >= 15 is 0 Å². The van der Waals surface area contributed by atoms with Crippen molar-refractivity contribution in [3.63, 3.8) is 0 Å². The zero-order valence-corrected chi connectivity index (χ0v) is 9.21. The van der Waals surface area contributed by atoms with Crippen LogP contribution >= 0.6 is 0 Å². The summed E-state index contributed by atoms with van der Waals surface area (Å²) in [5, 5.41) is 19.7. The molecule has 86 valence electrons. The molecule has 0 amide bonds. The van der Waals surface area contributed by atoms with Gasteiger partial charge in [-0.3, -0.25) is 5.32 Å². The third kappa shape index (κ3) is 2.37. The largest absolute Gasteiger partial charge is 0.396 e. The highest BCUT2D eigenvalue weighted by atomic mass is 32.2. The monoisotopic (exact) mass is 233 g/mol. The molecule has 0 bridgehead atoms. The SMILES string of the molecule is CNC1(CCO)NC=CC=C1S(N)(=O)=O. The zero-order valence-electron chi connectivity index (χ0n) is 8.40. The fraction of sp³-hybridized carbons (Fsp3) is 0.500. The van der Waals surface area contributed by atoms with E-state index in [-0.39, 0.29) is 17.9 Å². The molecule has 7 heteroatoms. The highest BCUT2D eigenvalue weighted by Gasteiger charge is 2.38. The molecule has 0 spiro atoms. The fourth-order valence-electron chi connectivity index (χ4n) is 1.56. The third-order valence-corrected chi connectivity index (χ3v) is 3.41. The Morgan fingerprint density at radius 2 is 2.33 bits per heavy atom. The first-order valence-corrected chi connectivity index (χ1v) is 5.98. The molecule has 0 aromatic rings. The van der Waals surface area contributed by atoms with Gasteiger partial charge in [-0.15, -0.1) is 0 Å². The van der Waals surface area contributed by atoms with Crippen molar-refractivity contribution in [2.45, 2.75) is 12.1 Å². The second-order valence-corrected chi connectivity index (χ2v) is 4.74. The van der Waals surface area contributed by atoms with Gasteiger partial charge in [0.05, 0.1) is 4.91 Å². The van der Waals surface area contributed by atoms with Gasteiger partial charge in [0.1, 0.15) is 5.66 Å². The first-order valence-electron chi connectivity index (χ1n) is 4.44. The number of sulfonamides is 1. The second kappa shape index (κ2) is 4.31. The summed E-state index contributed by atoms with van der Waals surface area (Å²) in [5.41, 5.74) is -1.02. The smallest absolute Gasteiger partial charge is 0.237 e. The van der Waals surface area contributed by atoms with E-state index in [1.807, 2.05) is 0 Å². The molecule has 1 aliphatic heterocycles. The molecule has 1 heterocycles. The summed E-state index contributed by atoms with van der Waals surface area (Å²) in [7, 11) is -2.20. The van der Waals surface area contributed by atoms with Gasteiger partial charge in [0.15, 0.2) is 0 Å². The van der Waals surface area contributed by atoms with Crippen molar-refractivity contribution in [3.05, 3.63) is 23.3 Å². The van der Waals surface area contributed by atoms with Gasteiger partial charge < -0.3 is 10.4 Å². The van der Waals surface area contributed by atoms with E-state index in [0.29, 0.717) is 0 Å². The summed E-state index contributed by atoms with van der Waals surface area (Å²) in [5.74, 6) is 0. The van der Waals surface area contributed by atoms with Crippen molar-refractivity contribution in [1.82, 2.24) is 10.6 Å². The average molecular weight is 233 g/mol. The molecular formula is C8H15N3O3S. The number of likely N-dealkylation sites (N-methyl/N-ethyl adjacent to an activating group) is 1. The maximum atomic E-state index is 11.3. The standard InChI is InChI=1S/C8H15N3O3S/c1-10-8(4-6-12)7(15(9,13)14)3-2-5-11-8/h2-3,5,10-12H,4,6H2,1H3,(H2,9,13,14). The van der Waals surface area contributed by atoms with Crippen LogP contribution in [0.5, 0.6) is 0 Å². The summed E-state index contributed by atoms with van der Waals surface area (Å²) in [4.78, 5) is 0.0223. The molecule has 1 unspecified atom stereocenters. The summed E-state index contributed by atoms with van der Waals surface area (Å²) in [6.45, 7) is -0.158. The van der Waals surface area contributed by atoms with E-state index < -0.39 is 15.7 Å². The molecule has 1 aliphatic rings. The van der Waals surface area contributed by atoms with Crippen LogP contribution in [0.2, 0.25) is 0 Å². The minimum absolute atomic E-state index is 0.0223. The van der Waals surface area contributed by atoms with Crippen molar-refractivity contribution >= 4 is 10.0 Å². The molecule has 1 atom stereocenters. The summed E-state index contributed by atoms with van der Waals surface area (Å²) in [6.07, 6.45) is 4.77. The van der Waals surface area contributed by atoms with Crippen molar-refractivity contribution < 1.29 is 13.5 Å². The molecule has 0 radical (unpaired) electrons. The van der Waals surface area contributed by atoms with Gasteiger partial charge in [0.2, 0.25) is 10.0 Å². The number of rotatable bonds is 4. The molecule has 1 rings (SSSR count). The van der Waals surface area contributed by atoms with Crippen LogP contribution in [0.25, 0.3) is 0 Å². The van der Waals surface area contributed by atoms with Crippen LogP contribution in [0.15, 0.2) is 23.3 Å². The Bertz CT molecular complexity index is 388. The highest BCUT2D eigenvalue weighted by Crippen LogP contribution is 2.24. The van der Waals surface area contributed by atoms with E-state index in [9.17, 15) is 8.42 Å². The number of nitrogens with one attached hydrogen (secondary N) is 2. The minimum atomic E-state index is -3.79. The number of primary sulfonamides is 1. The number of aliphatic hydroxyl groups is 1. The van der Waals surface area contributed by atoms with Crippen LogP contribution in [0, 0.1) is 0 Å². The lowest BCUT2D eigenvalue weighted by atomic mass is 10.0. The predicted molar refractivity (Wildman–Crippen MR) is 57.0 cm³/mol. The summed E-state index contributed by atoms with van der Waals surface area (Å²) >= 11 is 0. The van der Waals surface area contributed by atoms with E-state index in [4.69, 9.17) is 10.2 Å². The fourth-order valence-corrected chi connectivity index (χ4v) is 2.58. The number of hydrogen-bond donors (Lipinski definition) is 4. The Morgan fingerprint density at radius 3 is 2.80 bits per heavy atom. The van der Waals surface area contributed by atoms with Gasteiger partial charge in [-0.2, -0.15) is 0 Å². The van der Waals surface area contributed by atoms with Crippen LogP contribution in [-0.2, 0) is 10.0 Å². The Kier molecular flexibility index (Phi) is 3.50. The average Bonchev–Trinajstić information content (AvgIpc) is 2.17. The van der Waals surface area contributed by atoms with Gasteiger partial charge in [-0.25, -0.2) is 13.6 Å². The van der Waals surface area contributed by atoms with E-state index in [0.717, 1.165) is 0 Å². The van der Waals surface area contributed by atoms with Gasteiger partial charge in [-0.05, 0) is 25.4 Å². The van der Waals surface area contributed by atoms with Crippen LogP contribution in [-0.4, -0.2) is 32.8 Å². The number of hydrogen-bond acceptors (Lipinski definition) is 5.